The zero-order valence-electron chi connectivity index (χ0n) is 11.8. The van der Waals surface area contributed by atoms with E-state index in [0.717, 1.165) is 30.0 Å². The van der Waals surface area contributed by atoms with Crippen molar-refractivity contribution in [2.45, 2.75) is 19.4 Å². The fourth-order valence-electron chi connectivity index (χ4n) is 2.55. The molecule has 1 aliphatic rings. The molecule has 0 fully saturated rings. The minimum Gasteiger partial charge on any atom is -0.431 e. The van der Waals surface area contributed by atoms with E-state index in [1.165, 1.54) is 18.2 Å². The highest BCUT2D eigenvalue weighted by Crippen LogP contribution is 2.31. The van der Waals surface area contributed by atoms with E-state index in [9.17, 15) is 14.9 Å². The number of aromatic nitrogens is 3. The summed E-state index contributed by atoms with van der Waals surface area (Å²) in [6, 6.07) is 5.82. The van der Waals surface area contributed by atoms with Gasteiger partial charge in [-0.1, -0.05) is 17.4 Å². The lowest BCUT2D eigenvalue weighted by Crippen LogP contribution is -2.20. The van der Waals surface area contributed by atoms with Crippen molar-refractivity contribution in [3.63, 3.8) is 0 Å². The Balaban J connectivity index is 1.73. The average Bonchev–Trinajstić information content (AvgIpc) is 3.14. The van der Waals surface area contributed by atoms with Crippen LogP contribution >= 0.6 is 11.3 Å². The van der Waals surface area contributed by atoms with Crippen LogP contribution in [0, 0.1) is 10.1 Å². The second kappa shape index (κ2) is 5.13. The summed E-state index contributed by atoms with van der Waals surface area (Å²) in [7, 11) is 0. The second-order valence-corrected chi connectivity index (χ2v) is 6.02. The van der Waals surface area contributed by atoms with Crippen LogP contribution in [0.5, 0.6) is 10.9 Å². The molecule has 4 rings (SSSR count). The lowest BCUT2D eigenvalue weighted by atomic mass is 10.3. The summed E-state index contributed by atoms with van der Waals surface area (Å²) in [5.41, 5.74) is 0.0505. The van der Waals surface area contributed by atoms with Gasteiger partial charge < -0.3 is 4.74 Å². The number of ether oxygens (including phenoxy) is 1. The van der Waals surface area contributed by atoms with Gasteiger partial charge in [0.1, 0.15) is 11.6 Å². The van der Waals surface area contributed by atoms with Crippen LogP contribution < -0.4 is 10.3 Å². The van der Waals surface area contributed by atoms with Gasteiger partial charge in [0.25, 0.3) is 16.4 Å². The van der Waals surface area contributed by atoms with Crippen molar-refractivity contribution in [1.29, 1.82) is 0 Å². The van der Waals surface area contributed by atoms with Crippen molar-refractivity contribution >= 4 is 27.4 Å². The van der Waals surface area contributed by atoms with E-state index in [4.69, 9.17) is 4.74 Å². The highest BCUT2D eigenvalue weighted by molar-refractivity contribution is 7.19. The zero-order valence-corrected chi connectivity index (χ0v) is 12.6. The number of hydrogen-bond acceptors (Lipinski definition) is 7. The maximum absolute atomic E-state index is 12.4. The molecule has 0 spiro atoms. The van der Waals surface area contributed by atoms with Crippen LogP contribution in [0.15, 0.2) is 29.1 Å². The van der Waals surface area contributed by atoms with E-state index in [1.807, 2.05) is 0 Å². The molecule has 0 aliphatic carbocycles. The van der Waals surface area contributed by atoms with Gasteiger partial charge in [-0.25, -0.2) is 4.98 Å². The summed E-state index contributed by atoms with van der Waals surface area (Å²) >= 11 is 1.16. The Hall–Kier alpha value is -2.81. The molecule has 9 heteroatoms. The molecule has 0 bridgehead atoms. The predicted molar refractivity (Wildman–Crippen MR) is 83.2 cm³/mol. The van der Waals surface area contributed by atoms with Crippen molar-refractivity contribution in [3.05, 3.63) is 50.6 Å². The molecule has 3 aromatic rings. The molecule has 1 aromatic carbocycles. The first-order valence-corrected chi connectivity index (χ1v) is 7.76. The number of fused-ring (bicyclic) bond motifs is 2. The van der Waals surface area contributed by atoms with Gasteiger partial charge >= 0.3 is 0 Å². The lowest BCUT2D eigenvalue weighted by Gasteiger charge is -2.00. The van der Waals surface area contributed by atoms with E-state index < -0.39 is 4.92 Å². The molecular weight excluding hydrogens is 320 g/mol. The molecule has 2 aromatic heterocycles. The van der Waals surface area contributed by atoms with Gasteiger partial charge in [-0.2, -0.15) is 4.98 Å². The summed E-state index contributed by atoms with van der Waals surface area (Å²) in [5, 5.41) is 11.0. The van der Waals surface area contributed by atoms with E-state index >= 15 is 0 Å². The van der Waals surface area contributed by atoms with Gasteiger partial charge in [0.15, 0.2) is 10.3 Å². The first kappa shape index (κ1) is 13.8. The Kier molecular flexibility index (Phi) is 3.08. The van der Waals surface area contributed by atoms with E-state index in [1.54, 1.807) is 10.6 Å². The summed E-state index contributed by atoms with van der Waals surface area (Å²) in [6.07, 6.45) is 1.70. The van der Waals surface area contributed by atoms with Crippen LogP contribution in [0.3, 0.4) is 0 Å². The van der Waals surface area contributed by atoms with Crippen molar-refractivity contribution in [1.82, 2.24) is 14.5 Å². The number of nitrogens with zero attached hydrogens (tertiary/aromatic N) is 4. The number of non-ortho nitro benzene ring substituents is 1. The van der Waals surface area contributed by atoms with Gasteiger partial charge in [-0.05, 0) is 12.5 Å². The SMILES string of the molecule is O=c1c2nc(Oc3cccc([N+](=O)[O-])c3)sc2nc2n1CCC2. The molecular formula is C14H10N4O4S. The number of benzene rings is 1. The molecule has 116 valence electrons. The van der Waals surface area contributed by atoms with Crippen molar-refractivity contribution in [2.75, 3.05) is 0 Å². The Morgan fingerprint density at radius 3 is 3.04 bits per heavy atom. The van der Waals surface area contributed by atoms with Crippen molar-refractivity contribution in [3.8, 4) is 10.9 Å². The van der Waals surface area contributed by atoms with E-state index in [-0.39, 0.29) is 22.0 Å². The lowest BCUT2D eigenvalue weighted by molar-refractivity contribution is -0.384. The normalized spacial score (nSPS) is 13.2. The first-order chi connectivity index (χ1) is 11.1. The smallest absolute Gasteiger partial charge is 0.281 e. The summed E-state index contributed by atoms with van der Waals surface area (Å²) in [4.78, 5) is 31.8. The Bertz CT molecular complexity index is 994. The Morgan fingerprint density at radius 1 is 1.35 bits per heavy atom. The molecule has 0 unspecified atom stereocenters. The van der Waals surface area contributed by atoms with Gasteiger partial charge in [-0.15, -0.1) is 0 Å². The van der Waals surface area contributed by atoms with Gasteiger partial charge in [-0.3, -0.25) is 19.5 Å². The van der Waals surface area contributed by atoms with Crippen LogP contribution in [0.25, 0.3) is 10.3 Å². The molecule has 0 amide bonds. The first-order valence-electron chi connectivity index (χ1n) is 6.94. The van der Waals surface area contributed by atoms with Gasteiger partial charge in [0.05, 0.1) is 11.0 Å². The quantitative estimate of drug-likeness (QED) is 0.540. The molecule has 23 heavy (non-hydrogen) atoms. The number of rotatable bonds is 3. The van der Waals surface area contributed by atoms with Crippen LogP contribution in [-0.4, -0.2) is 19.5 Å². The monoisotopic (exact) mass is 330 g/mol. The largest absolute Gasteiger partial charge is 0.431 e. The molecule has 8 nitrogen and oxygen atoms in total. The Labute approximate surface area is 133 Å². The maximum Gasteiger partial charge on any atom is 0.281 e. The van der Waals surface area contributed by atoms with Crippen LogP contribution in [0.1, 0.15) is 12.2 Å². The highest BCUT2D eigenvalue weighted by Gasteiger charge is 2.19. The van der Waals surface area contributed by atoms with Crippen LogP contribution in [-0.2, 0) is 13.0 Å². The third kappa shape index (κ3) is 2.34. The summed E-state index contributed by atoms with van der Waals surface area (Å²) in [6.45, 7) is 0.662. The van der Waals surface area contributed by atoms with Crippen molar-refractivity contribution < 1.29 is 9.66 Å². The number of thiazole rings is 1. The Morgan fingerprint density at radius 2 is 2.22 bits per heavy atom. The number of nitro benzene ring substituents is 1. The molecule has 0 saturated carbocycles. The predicted octanol–water partition coefficient (Wildman–Crippen LogP) is 2.50. The second-order valence-electron chi connectivity index (χ2n) is 5.08. The highest BCUT2D eigenvalue weighted by atomic mass is 32.1. The summed E-state index contributed by atoms with van der Waals surface area (Å²) in [5.74, 6) is 1.07. The summed E-state index contributed by atoms with van der Waals surface area (Å²) < 4.78 is 7.19. The molecule has 0 N–H and O–H groups in total. The topological polar surface area (TPSA) is 100 Å². The molecule has 0 saturated heterocycles. The average molecular weight is 330 g/mol. The molecule has 0 atom stereocenters. The van der Waals surface area contributed by atoms with Crippen molar-refractivity contribution in [2.24, 2.45) is 0 Å². The minimum atomic E-state index is -0.496. The van der Waals surface area contributed by atoms with Crippen LogP contribution in [0.4, 0.5) is 5.69 Å². The van der Waals surface area contributed by atoms with E-state index in [0.29, 0.717) is 17.1 Å². The fraction of sp³-hybridized carbons (Fsp3) is 0.214. The number of hydrogen-bond donors (Lipinski definition) is 0. The third-order valence-electron chi connectivity index (χ3n) is 3.60. The maximum atomic E-state index is 12.4. The molecule has 3 heterocycles. The van der Waals surface area contributed by atoms with Crippen LogP contribution in [0.2, 0.25) is 0 Å². The standard InChI is InChI=1S/C14H10N4O4S/c19-13-11-12(15-10-5-2-6-17(10)13)23-14(16-11)22-9-4-1-3-8(7-9)18(20)21/h1,3-4,7H,2,5-6H2. The zero-order chi connectivity index (χ0) is 16.0. The number of nitro groups is 1. The van der Waals surface area contributed by atoms with E-state index in [2.05, 4.69) is 9.97 Å². The number of aryl methyl sites for hydroxylation is 1. The fourth-order valence-corrected chi connectivity index (χ4v) is 3.37. The third-order valence-corrected chi connectivity index (χ3v) is 4.42. The molecule has 0 radical (unpaired) electrons. The van der Waals surface area contributed by atoms with Gasteiger partial charge in [0.2, 0.25) is 0 Å². The van der Waals surface area contributed by atoms with Gasteiger partial charge in [0, 0.05) is 19.0 Å². The molecule has 1 aliphatic heterocycles. The minimum absolute atomic E-state index is 0.0687.